The molecule has 1 aromatic heterocycles. The van der Waals surface area contributed by atoms with E-state index in [9.17, 15) is 0 Å². The summed E-state index contributed by atoms with van der Waals surface area (Å²) in [5, 5.41) is 8.95. The first-order chi connectivity index (χ1) is 8.74. The van der Waals surface area contributed by atoms with Gasteiger partial charge in [0.1, 0.15) is 0 Å². The first-order valence-electron chi connectivity index (χ1n) is 6.86. The van der Waals surface area contributed by atoms with E-state index >= 15 is 0 Å². The van der Waals surface area contributed by atoms with Crippen molar-refractivity contribution in [2.45, 2.75) is 19.3 Å². The molecule has 3 nitrogen and oxygen atoms in total. The van der Waals surface area contributed by atoms with Gasteiger partial charge in [-0.25, -0.2) is 0 Å². The van der Waals surface area contributed by atoms with Crippen molar-refractivity contribution >= 4 is 10.9 Å². The van der Waals surface area contributed by atoms with Gasteiger partial charge in [-0.15, -0.1) is 0 Å². The van der Waals surface area contributed by atoms with Crippen LogP contribution in [0.15, 0.2) is 24.4 Å². The molecule has 1 saturated heterocycles. The molecule has 0 bridgehead atoms. The van der Waals surface area contributed by atoms with E-state index in [2.05, 4.69) is 28.6 Å². The minimum atomic E-state index is 0.696. The summed E-state index contributed by atoms with van der Waals surface area (Å²) in [6, 6.07) is 6.79. The maximum atomic E-state index is 4.30. The van der Waals surface area contributed by atoms with E-state index in [1.54, 1.807) is 0 Å². The van der Waals surface area contributed by atoms with Gasteiger partial charge in [0, 0.05) is 25.5 Å². The number of hydrogen-bond acceptors (Lipinski definition) is 2. The van der Waals surface area contributed by atoms with Crippen molar-refractivity contribution in [2.75, 3.05) is 13.1 Å². The molecule has 2 fully saturated rings. The smallest absolute Gasteiger partial charge is 0.0681 e. The first-order valence-corrected chi connectivity index (χ1v) is 6.86. The molecule has 0 atom stereocenters. The van der Waals surface area contributed by atoms with Gasteiger partial charge in [-0.2, -0.15) is 5.10 Å². The molecule has 1 saturated carbocycles. The molecule has 0 radical (unpaired) electrons. The Balaban J connectivity index is 1.51. The number of rotatable bonds is 2. The predicted octanol–water partition coefficient (Wildman–Crippen LogP) is 2.12. The van der Waals surface area contributed by atoms with Crippen LogP contribution in [0.5, 0.6) is 0 Å². The summed E-state index contributed by atoms with van der Waals surface area (Å²) in [6.07, 6.45) is 6.02. The normalized spacial score (nSPS) is 22.1. The molecule has 2 heterocycles. The van der Waals surface area contributed by atoms with Gasteiger partial charge in [0.15, 0.2) is 0 Å². The van der Waals surface area contributed by atoms with Crippen LogP contribution in [0.3, 0.4) is 0 Å². The highest BCUT2D eigenvalue weighted by atomic mass is 15.2. The molecule has 3 heteroatoms. The lowest BCUT2D eigenvalue weighted by Crippen LogP contribution is -2.60. The van der Waals surface area contributed by atoms with E-state index in [1.807, 2.05) is 17.9 Å². The maximum Gasteiger partial charge on any atom is 0.0681 e. The number of nitrogens with zero attached hydrogens (tertiary/aromatic N) is 2. The molecule has 1 aliphatic heterocycles. The Morgan fingerprint density at radius 2 is 2.22 bits per heavy atom. The molecule has 1 aliphatic carbocycles. The monoisotopic (exact) mass is 241 g/mol. The highest BCUT2D eigenvalue weighted by Gasteiger charge is 2.47. The standard InChI is InChI=1S/C15H19N3/c1-18-14-5-11(2-3-13(14)8-17-18)4-12-6-15(7-12)9-16-10-15/h2-3,5,8,12,16H,4,6-7,9-10H2,1H3. The van der Waals surface area contributed by atoms with Crippen molar-refractivity contribution in [3.05, 3.63) is 30.0 Å². The topological polar surface area (TPSA) is 29.9 Å². The molecule has 0 amide bonds. The van der Waals surface area contributed by atoms with Gasteiger partial charge >= 0.3 is 0 Å². The molecule has 4 rings (SSSR count). The molecular formula is C15H19N3. The van der Waals surface area contributed by atoms with Crippen molar-refractivity contribution in [1.82, 2.24) is 15.1 Å². The second-order valence-corrected chi connectivity index (χ2v) is 6.24. The van der Waals surface area contributed by atoms with E-state index < -0.39 is 0 Å². The molecule has 0 unspecified atom stereocenters. The molecule has 94 valence electrons. The van der Waals surface area contributed by atoms with E-state index in [-0.39, 0.29) is 0 Å². The van der Waals surface area contributed by atoms with Crippen LogP contribution in [0.1, 0.15) is 18.4 Å². The van der Waals surface area contributed by atoms with Gasteiger partial charge in [0.05, 0.1) is 11.7 Å². The highest BCUT2D eigenvalue weighted by Crippen LogP contribution is 2.49. The van der Waals surface area contributed by atoms with Crippen LogP contribution < -0.4 is 5.32 Å². The van der Waals surface area contributed by atoms with Crippen molar-refractivity contribution in [3.63, 3.8) is 0 Å². The maximum absolute atomic E-state index is 4.30. The van der Waals surface area contributed by atoms with Gasteiger partial charge in [-0.05, 0) is 42.2 Å². The summed E-state index contributed by atoms with van der Waals surface area (Å²) in [7, 11) is 2.02. The van der Waals surface area contributed by atoms with E-state index in [0.29, 0.717) is 5.41 Å². The van der Waals surface area contributed by atoms with Gasteiger partial charge in [0.2, 0.25) is 0 Å². The van der Waals surface area contributed by atoms with E-state index in [1.165, 1.54) is 48.8 Å². The zero-order chi connectivity index (χ0) is 12.2. The van der Waals surface area contributed by atoms with E-state index in [4.69, 9.17) is 0 Å². The lowest BCUT2D eigenvalue weighted by Gasteiger charge is -2.54. The second-order valence-electron chi connectivity index (χ2n) is 6.24. The number of aromatic nitrogens is 2. The Labute approximate surface area is 107 Å². The average molecular weight is 241 g/mol. The van der Waals surface area contributed by atoms with Crippen molar-refractivity contribution in [3.8, 4) is 0 Å². The summed E-state index contributed by atoms with van der Waals surface area (Å²) < 4.78 is 1.97. The van der Waals surface area contributed by atoms with Crippen molar-refractivity contribution in [2.24, 2.45) is 18.4 Å². The summed E-state index contributed by atoms with van der Waals surface area (Å²) in [4.78, 5) is 0. The molecule has 18 heavy (non-hydrogen) atoms. The quantitative estimate of drug-likeness (QED) is 0.872. The number of hydrogen-bond donors (Lipinski definition) is 1. The fourth-order valence-electron chi connectivity index (χ4n) is 3.73. The van der Waals surface area contributed by atoms with Crippen LogP contribution >= 0.6 is 0 Å². The number of nitrogens with one attached hydrogen (secondary N) is 1. The summed E-state index contributed by atoms with van der Waals surface area (Å²) in [5.41, 5.74) is 3.42. The Morgan fingerprint density at radius 1 is 1.39 bits per heavy atom. The fraction of sp³-hybridized carbons (Fsp3) is 0.533. The summed E-state index contributed by atoms with van der Waals surface area (Å²) >= 11 is 0. The average Bonchev–Trinajstić information content (AvgIpc) is 2.62. The van der Waals surface area contributed by atoms with Crippen LogP contribution in [-0.2, 0) is 13.5 Å². The largest absolute Gasteiger partial charge is 0.316 e. The Morgan fingerprint density at radius 3 is 2.94 bits per heavy atom. The van der Waals surface area contributed by atoms with Crippen LogP contribution in [0.4, 0.5) is 0 Å². The lowest BCUT2D eigenvalue weighted by molar-refractivity contribution is 0.000904. The van der Waals surface area contributed by atoms with Gasteiger partial charge in [-0.3, -0.25) is 4.68 Å². The zero-order valence-electron chi connectivity index (χ0n) is 10.8. The van der Waals surface area contributed by atoms with Crippen LogP contribution in [-0.4, -0.2) is 22.9 Å². The predicted molar refractivity (Wildman–Crippen MR) is 72.4 cm³/mol. The van der Waals surface area contributed by atoms with Gasteiger partial charge in [0.25, 0.3) is 0 Å². The lowest BCUT2D eigenvalue weighted by atomic mass is 9.57. The van der Waals surface area contributed by atoms with Crippen molar-refractivity contribution in [1.29, 1.82) is 0 Å². The minimum absolute atomic E-state index is 0.696. The number of benzene rings is 1. The Bertz CT molecular complexity index is 587. The number of fused-ring (bicyclic) bond motifs is 1. The van der Waals surface area contributed by atoms with Crippen LogP contribution in [0.25, 0.3) is 10.9 Å². The Kier molecular flexibility index (Phi) is 2.10. The van der Waals surface area contributed by atoms with Crippen molar-refractivity contribution < 1.29 is 0 Å². The molecule has 2 aliphatic rings. The Hall–Kier alpha value is -1.35. The molecule has 1 N–H and O–H groups in total. The van der Waals surface area contributed by atoms with Crippen LogP contribution in [0, 0.1) is 11.3 Å². The third-order valence-electron chi connectivity index (χ3n) is 4.78. The second kappa shape index (κ2) is 3.58. The molecule has 2 aromatic rings. The third kappa shape index (κ3) is 1.50. The molecular weight excluding hydrogens is 222 g/mol. The zero-order valence-corrected chi connectivity index (χ0v) is 10.8. The third-order valence-corrected chi connectivity index (χ3v) is 4.78. The van der Waals surface area contributed by atoms with Crippen LogP contribution in [0.2, 0.25) is 0 Å². The highest BCUT2D eigenvalue weighted by molar-refractivity contribution is 5.79. The molecule has 1 spiro atoms. The van der Waals surface area contributed by atoms with E-state index in [0.717, 1.165) is 5.92 Å². The summed E-state index contributed by atoms with van der Waals surface area (Å²) in [5.74, 6) is 0.901. The van der Waals surface area contributed by atoms with Gasteiger partial charge in [-0.1, -0.05) is 12.1 Å². The SMILES string of the molecule is Cn1ncc2ccc(CC3CC4(CNC4)C3)cc21. The van der Waals surface area contributed by atoms with Gasteiger partial charge < -0.3 is 5.32 Å². The fourth-order valence-corrected chi connectivity index (χ4v) is 3.73. The number of aryl methyl sites for hydroxylation is 1. The minimum Gasteiger partial charge on any atom is -0.316 e. The molecule has 1 aromatic carbocycles. The summed E-state index contributed by atoms with van der Waals surface area (Å²) in [6.45, 7) is 2.51. The first kappa shape index (κ1) is 10.6.